The fourth-order valence-electron chi connectivity index (χ4n) is 2.53. The van der Waals surface area contributed by atoms with Crippen LogP contribution in [0.15, 0.2) is 59.4 Å². The van der Waals surface area contributed by atoms with E-state index in [4.69, 9.17) is 10.00 Å². The number of H-pyrrole nitrogens is 1. The van der Waals surface area contributed by atoms with Crippen LogP contribution in [0, 0.1) is 11.3 Å². The second-order valence-corrected chi connectivity index (χ2v) is 5.44. The normalized spacial score (nSPS) is 10.7. The number of nitrogens with one attached hydrogen (secondary N) is 1. The van der Waals surface area contributed by atoms with Gasteiger partial charge in [-0.2, -0.15) is 5.26 Å². The third kappa shape index (κ3) is 3.47. The lowest BCUT2D eigenvalue weighted by Crippen LogP contribution is -2.16. The Kier molecular flexibility index (Phi) is 4.81. The summed E-state index contributed by atoms with van der Waals surface area (Å²) < 4.78 is 5.20. The van der Waals surface area contributed by atoms with E-state index in [2.05, 4.69) is 4.98 Å². The number of nitrogens with zero attached hydrogens (tertiary/aromatic N) is 1. The van der Waals surface area contributed by atoms with Crippen molar-refractivity contribution in [1.29, 1.82) is 5.26 Å². The van der Waals surface area contributed by atoms with Crippen molar-refractivity contribution in [3.63, 3.8) is 0 Å². The van der Waals surface area contributed by atoms with Crippen LogP contribution in [0.1, 0.15) is 15.9 Å². The standard InChI is InChI=1S/C20H14N2O4/c21-10-11-26-14-5-3-4-13(12-14)8-9-17(23)18-19(24)15-6-1-2-7-16(15)22-20(18)25/h1-9,12H,11H2,(H2,22,24,25). The Morgan fingerprint density at radius 1 is 1.23 bits per heavy atom. The van der Waals surface area contributed by atoms with E-state index in [1.165, 1.54) is 12.2 Å². The van der Waals surface area contributed by atoms with Crippen molar-refractivity contribution in [1.82, 2.24) is 4.98 Å². The van der Waals surface area contributed by atoms with Crippen molar-refractivity contribution < 1.29 is 14.6 Å². The average molecular weight is 346 g/mol. The number of allylic oxidation sites excluding steroid dienone is 1. The molecule has 0 amide bonds. The van der Waals surface area contributed by atoms with Crippen LogP contribution >= 0.6 is 0 Å². The van der Waals surface area contributed by atoms with Gasteiger partial charge in [-0.15, -0.1) is 0 Å². The zero-order chi connectivity index (χ0) is 18.5. The molecule has 2 aromatic carbocycles. The zero-order valence-electron chi connectivity index (χ0n) is 13.6. The predicted molar refractivity (Wildman–Crippen MR) is 97.1 cm³/mol. The minimum Gasteiger partial charge on any atom is -0.506 e. The molecule has 1 heterocycles. The number of carbonyl (C=O) groups is 1. The van der Waals surface area contributed by atoms with Gasteiger partial charge >= 0.3 is 0 Å². The largest absolute Gasteiger partial charge is 0.506 e. The number of aromatic amines is 1. The van der Waals surface area contributed by atoms with Crippen molar-refractivity contribution in [2.45, 2.75) is 0 Å². The van der Waals surface area contributed by atoms with Crippen LogP contribution in [0.5, 0.6) is 11.5 Å². The lowest BCUT2D eigenvalue weighted by molar-refractivity contribution is 0.104. The van der Waals surface area contributed by atoms with E-state index in [1.54, 1.807) is 48.5 Å². The summed E-state index contributed by atoms with van der Waals surface area (Å²) in [5, 5.41) is 19.2. The number of ether oxygens (including phenoxy) is 1. The number of fused-ring (bicyclic) bond motifs is 1. The van der Waals surface area contributed by atoms with Crippen LogP contribution in [0.4, 0.5) is 0 Å². The molecule has 0 aliphatic heterocycles. The van der Waals surface area contributed by atoms with Crippen LogP contribution in [0.2, 0.25) is 0 Å². The van der Waals surface area contributed by atoms with Crippen molar-refractivity contribution in [3.8, 4) is 17.6 Å². The van der Waals surface area contributed by atoms with Gasteiger partial charge in [0.15, 0.2) is 12.4 Å². The topological polar surface area (TPSA) is 103 Å². The number of aromatic nitrogens is 1. The van der Waals surface area contributed by atoms with Crippen LogP contribution in [0.3, 0.4) is 0 Å². The molecule has 128 valence electrons. The quantitative estimate of drug-likeness (QED) is 0.546. The van der Waals surface area contributed by atoms with Crippen LogP contribution in [-0.4, -0.2) is 22.5 Å². The predicted octanol–water partition coefficient (Wildman–Crippen LogP) is 3.03. The molecule has 0 aliphatic carbocycles. The molecule has 3 rings (SSSR count). The minimum atomic E-state index is -0.651. The molecule has 26 heavy (non-hydrogen) atoms. The fourth-order valence-corrected chi connectivity index (χ4v) is 2.53. The summed E-state index contributed by atoms with van der Waals surface area (Å²) >= 11 is 0. The SMILES string of the molecule is N#CCOc1cccc(C=CC(=O)c2c(O)c3ccccc3[nH]c2=O)c1. The van der Waals surface area contributed by atoms with Gasteiger partial charge in [0.05, 0.1) is 5.52 Å². The highest BCUT2D eigenvalue weighted by Gasteiger charge is 2.16. The molecule has 0 radical (unpaired) electrons. The smallest absolute Gasteiger partial charge is 0.263 e. The molecule has 0 saturated heterocycles. The summed E-state index contributed by atoms with van der Waals surface area (Å²) in [5.41, 5.74) is 0.155. The highest BCUT2D eigenvalue weighted by Crippen LogP contribution is 2.25. The summed E-state index contributed by atoms with van der Waals surface area (Å²) in [6, 6.07) is 15.4. The molecule has 0 atom stereocenters. The highest BCUT2D eigenvalue weighted by atomic mass is 16.5. The van der Waals surface area contributed by atoms with Gasteiger partial charge < -0.3 is 14.8 Å². The maximum absolute atomic E-state index is 12.4. The Bertz CT molecular complexity index is 1110. The maximum Gasteiger partial charge on any atom is 0.263 e. The second-order valence-electron chi connectivity index (χ2n) is 5.44. The molecule has 2 N–H and O–H groups in total. The van der Waals surface area contributed by atoms with E-state index < -0.39 is 11.3 Å². The van der Waals surface area contributed by atoms with Crippen molar-refractivity contribution in [3.05, 3.63) is 76.1 Å². The first-order chi connectivity index (χ1) is 12.6. The molecule has 6 nitrogen and oxygen atoms in total. The van der Waals surface area contributed by atoms with E-state index in [-0.39, 0.29) is 17.9 Å². The van der Waals surface area contributed by atoms with Crippen molar-refractivity contribution in [2.75, 3.05) is 6.61 Å². The molecule has 0 saturated carbocycles. The number of rotatable bonds is 5. The average Bonchev–Trinajstić information content (AvgIpc) is 2.65. The molecular weight excluding hydrogens is 332 g/mol. The molecule has 3 aromatic rings. The number of aromatic hydroxyl groups is 1. The third-order valence-corrected chi connectivity index (χ3v) is 3.73. The lowest BCUT2D eigenvalue weighted by Gasteiger charge is -2.05. The Balaban J connectivity index is 1.91. The molecule has 0 spiro atoms. The Morgan fingerprint density at radius 2 is 2.04 bits per heavy atom. The highest BCUT2D eigenvalue weighted by molar-refractivity contribution is 6.11. The van der Waals surface area contributed by atoms with Crippen LogP contribution in [0.25, 0.3) is 17.0 Å². The molecule has 6 heteroatoms. The number of nitriles is 1. The molecular formula is C20H14N2O4. The first-order valence-electron chi connectivity index (χ1n) is 7.76. The number of ketones is 1. The van der Waals surface area contributed by atoms with E-state index in [0.29, 0.717) is 22.2 Å². The van der Waals surface area contributed by atoms with E-state index in [1.807, 2.05) is 6.07 Å². The van der Waals surface area contributed by atoms with Crippen LogP contribution < -0.4 is 10.3 Å². The summed E-state index contributed by atoms with van der Waals surface area (Å²) in [5.74, 6) is -0.462. The lowest BCUT2D eigenvalue weighted by atomic mass is 10.1. The third-order valence-electron chi connectivity index (χ3n) is 3.73. The second kappa shape index (κ2) is 7.36. The molecule has 1 aromatic heterocycles. The molecule has 0 aliphatic rings. The maximum atomic E-state index is 12.4. The van der Waals surface area contributed by atoms with Gasteiger partial charge in [-0.05, 0) is 35.9 Å². The first-order valence-corrected chi connectivity index (χ1v) is 7.76. The number of benzene rings is 2. The molecule has 0 fully saturated rings. The number of hydrogen-bond donors (Lipinski definition) is 2. The van der Waals surface area contributed by atoms with Crippen molar-refractivity contribution in [2.24, 2.45) is 0 Å². The monoisotopic (exact) mass is 346 g/mol. The van der Waals surface area contributed by atoms with Gasteiger partial charge in [0.1, 0.15) is 23.1 Å². The summed E-state index contributed by atoms with van der Waals surface area (Å²) in [6.07, 6.45) is 2.72. The molecule has 0 unspecified atom stereocenters. The number of pyridine rings is 1. The van der Waals surface area contributed by atoms with E-state index in [0.717, 1.165) is 0 Å². The summed E-state index contributed by atoms with van der Waals surface area (Å²) in [7, 11) is 0. The zero-order valence-corrected chi connectivity index (χ0v) is 13.6. The molecule has 0 bridgehead atoms. The van der Waals surface area contributed by atoms with Gasteiger partial charge in [0.25, 0.3) is 5.56 Å². The van der Waals surface area contributed by atoms with Gasteiger partial charge in [-0.1, -0.05) is 30.3 Å². The Labute approximate surface area is 148 Å². The number of para-hydroxylation sites is 1. The number of carbonyl (C=O) groups excluding carboxylic acids is 1. The fraction of sp³-hybridized carbons (Fsp3) is 0.0500. The summed E-state index contributed by atoms with van der Waals surface area (Å²) in [6.45, 7) is -0.0769. The van der Waals surface area contributed by atoms with Gasteiger partial charge in [0.2, 0.25) is 0 Å². The van der Waals surface area contributed by atoms with E-state index >= 15 is 0 Å². The van der Waals surface area contributed by atoms with Gasteiger partial charge in [-0.25, -0.2) is 0 Å². The Hall–Kier alpha value is -3.85. The van der Waals surface area contributed by atoms with Gasteiger partial charge in [0, 0.05) is 5.39 Å². The number of hydrogen-bond acceptors (Lipinski definition) is 5. The van der Waals surface area contributed by atoms with Gasteiger partial charge in [-0.3, -0.25) is 9.59 Å². The van der Waals surface area contributed by atoms with E-state index in [9.17, 15) is 14.7 Å². The first kappa shape index (κ1) is 17.0. The Morgan fingerprint density at radius 3 is 2.85 bits per heavy atom. The summed E-state index contributed by atoms with van der Waals surface area (Å²) in [4.78, 5) is 27.2. The van der Waals surface area contributed by atoms with Crippen molar-refractivity contribution >= 4 is 22.8 Å². The van der Waals surface area contributed by atoms with Crippen LogP contribution in [-0.2, 0) is 0 Å². The minimum absolute atomic E-state index is 0.0769.